The van der Waals surface area contributed by atoms with E-state index < -0.39 is 0 Å². The number of hydrogen-bond acceptors (Lipinski definition) is 7. The third-order valence-corrected chi connectivity index (χ3v) is 6.68. The van der Waals surface area contributed by atoms with Crippen LogP contribution in [0.15, 0.2) is 28.7 Å². The second kappa shape index (κ2) is 9.99. The summed E-state index contributed by atoms with van der Waals surface area (Å²) in [5.41, 5.74) is 2.91. The molecule has 0 aliphatic heterocycles. The van der Waals surface area contributed by atoms with Gasteiger partial charge in [-0.2, -0.15) is 0 Å². The van der Waals surface area contributed by atoms with Crippen molar-refractivity contribution < 1.29 is 14.3 Å². The largest absolute Gasteiger partial charge is 0.497 e. The van der Waals surface area contributed by atoms with Crippen LogP contribution in [0.4, 0.5) is 5.69 Å². The average Bonchev–Trinajstić information content (AvgIpc) is 3.29. The van der Waals surface area contributed by atoms with E-state index in [1.165, 1.54) is 22.2 Å². The lowest BCUT2D eigenvalue weighted by Crippen LogP contribution is -2.15. The number of nitrogens with one attached hydrogen (secondary N) is 1. The van der Waals surface area contributed by atoms with Crippen molar-refractivity contribution in [2.45, 2.75) is 38.9 Å². The van der Waals surface area contributed by atoms with Crippen LogP contribution in [0.3, 0.4) is 0 Å². The van der Waals surface area contributed by atoms with Crippen LogP contribution in [0.1, 0.15) is 23.8 Å². The zero-order valence-corrected chi connectivity index (χ0v) is 19.4. The predicted molar refractivity (Wildman–Crippen MR) is 122 cm³/mol. The number of aryl methyl sites for hydroxylation is 1. The van der Waals surface area contributed by atoms with Crippen LogP contribution < -0.4 is 14.8 Å². The third kappa shape index (κ3) is 4.79. The molecule has 0 unspecified atom stereocenters. The first-order valence-electron chi connectivity index (χ1n) is 9.61. The number of thioether (sulfide) groups is 1. The molecule has 9 heteroatoms. The Balaban J connectivity index is 1.74. The normalized spacial score (nSPS) is 10.8. The molecule has 0 saturated heterocycles. The second-order valence-corrected chi connectivity index (χ2v) is 8.72. The first-order chi connectivity index (χ1) is 14.5. The number of carbonyl (C=O) groups excluding carboxylic acids is 1. The second-order valence-electron chi connectivity index (χ2n) is 6.69. The number of ether oxygens (including phenoxy) is 2. The van der Waals surface area contributed by atoms with Crippen molar-refractivity contribution in [2.75, 3.05) is 25.3 Å². The molecule has 0 saturated carbocycles. The molecule has 7 nitrogen and oxygen atoms in total. The molecule has 0 aliphatic rings. The van der Waals surface area contributed by atoms with Crippen LogP contribution in [0.5, 0.6) is 11.5 Å². The number of amides is 1. The molecule has 0 bridgehead atoms. The minimum absolute atomic E-state index is 0.151. The van der Waals surface area contributed by atoms with Crippen LogP contribution >= 0.6 is 23.1 Å². The fourth-order valence-corrected chi connectivity index (χ4v) is 4.61. The Kier molecular flexibility index (Phi) is 7.38. The van der Waals surface area contributed by atoms with Gasteiger partial charge >= 0.3 is 0 Å². The zero-order chi connectivity index (χ0) is 21.7. The lowest BCUT2D eigenvalue weighted by atomic mass is 10.1. The van der Waals surface area contributed by atoms with Crippen LogP contribution in [0, 0.1) is 13.8 Å². The summed E-state index contributed by atoms with van der Waals surface area (Å²) in [6, 6.07) is 5.28. The van der Waals surface area contributed by atoms with Gasteiger partial charge < -0.3 is 19.4 Å². The highest BCUT2D eigenvalue weighted by molar-refractivity contribution is 7.99. The first-order valence-corrected chi connectivity index (χ1v) is 11.5. The maximum Gasteiger partial charge on any atom is 0.234 e. The van der Waals surface area contributed by atoms with Crippen LogP contribution in [-0.2, 0) is 11.3 Å². The summed E-state index contributed by atoms with van der Waals surface area (Å²) < 4.78 is 12.6. The number of anilines is 1. The Labute approximate surface area is 184 Å². The van der Waals surface area contributed by atoms with Crippen LogP contribution in [0.25, 0.3) is 11.4 Å². The lowest BCUT2D eigenvalue weighted by molar-refractivity contribution is -0.113. The molecule has 1 aromatic carbocycles. The van der Waals surface area contributed by atoms with Gasteiger partial charge in [0, 0.05) is 28.4 Å². The van der Waals surface area contributed by atoms with Gasteiger partial charge in [0.15, 0.2) is 11.0 Å². The van der Waals surface area contributed by atoms with E-state index in [0.29, 0.717) is 17.2 Å². The van der Waals surface area contributed by atoms with E-state index in [9.17, 15) is 4.79 Å². The van der Waals surface area contributed by atoms with E-state index in [1.807, 2.05) is 0 Å². The van der Waals surface area contributed by atoms with E-state index in [2.05, 4.69) is 46.2 Å². The highest BCUT2D eigenvalue weighted by atomic mass is 32.2. The highest BCUT2D eigenvalue weighted by Gasteiger charge is 2.18. The number of aromatic nitrogens is 3. The molecular weight excluding hydrogens is 420 g/mol. The van der Waals surface area contributed by atoms with Crippen molar-refractivity contribution in [1.82, 2.24) is 14.8 Å². The van der Waals surface area contributed by atoms with Crippen molar-refractivity contribution in [1.29, 1.82) is 0 Å². The van der Waals surface area contributed by atoms with Gasteiger partial charge in [-0.3, -0.25) is 4.79 Å². The molecule has 3 rings (SSSR count). The summed E-state index contributed by atoms with van der Waals surface area (Å²) >= 11 is 3.09. The van der Waals surface area contributed by atoms with Gasteiger partial charge in [0.2, 0.25) is 5.91 Å². The summed E-state index contributed by atoms with van der Waals surface area (Å²) in [5, 5.41) is 14.5. The Morgan fingerprint density at radius 3 is 2.67 bits per heavy atom. The van der Waals surface area contributed by atoms with Gasteiger partial charge in [-0.05, 0) is 38.0 Å². The Morgan fingerprint density at radius 2 is 2.03 bits per heavy atom. The predicted octanol–water partition coefficient (Wildman–Crippen LogP) is 4.78. The minimum atomic E-state index is -0.151. The monoisotopic (exact) mass is 446 g/mol. The summed E-state index contributed by atoms with van der Waals surface area (Å²) in [7, 11) is 3.15. The number of methoxy groups -OCH3 is 2. The molecule has 1 N–H and O–H groups in total. The van der Waals surface area contributed by atoms with Crippen molar-refractivity contribution in [3.05, 3.63) is 34.0 Å². The molecule has 2 heterocycles. The van der Waals surface area contributed by atoms with Gasteiger partial charge in [0.1, 0.15) is 11.5 Å². The first kappa shape index (κ1) is 22.2. The zero-order valence-electron chi connectivity index (χ0n) is 17.8. The number of hydrogen-bond donors (Lipinski definition) is 1. The lowest BCUT2D eigenvalue weighted by Gasteiger charge is -2.12. The Hall–Kier alpha value is -2.52. The molecule has 0 aliphatic carbocycles. The summed E-state index contributed by atoms with van der Waals surface area (Å²) in [5.74, 6) is 2.14. The van der Waals surface area contributed by atoms with E-state index in [0.717, 1.165) is 29.5 Å². The molecule has 2 aromatic heterocycles. The summed E-state index contributed by atoms with van der Waals surface area (Å²) in [4.78, 5) is 13.8. The average molecular weight is 447 g/mol. The quantitative estimate of drug-likeness (QED) is 0.477. The van der Waals surface area contributed by atoms with Crippen LogP contribution in [0.2, 0.25) is 0 Å². The molecule has 0 atom stereocenters. The SMILES string of the molecule is CCCn1c(SCC(=O)Nc2cc(OC)ccc2OC)nnc1-c1csc(C)c1C. The standard InChI is InChI=1S/C21H26N4O3S2/c1-6-9-25-20(16-11-29-14(3)13(16)2)23-24-21(25)30-12-19(26)22-17-10-15(27-4)7-8-18(17)28-5/h7-8,10-11H,6,9,12H2,1-5H3,(H,22,26). The number of carbonyl (C=O) groups is 1. The smallest absolute Gasteiger partial charge is 0.234 e. The number of nitrogens with zero attached hydrogens (tertiary/aromatic N) is 3. The van der Waals surface area contributed by atoms with Crippen LogP contribution in [-0.4, -0.2) is 40.6 Å². The fraction of sp³-hybridized carbons (Fsp3) is 0.381. The minimum Gasteiger partial charge on any atom is -0.497 e. The Morgan fingerprint density at radius 1 is 1.23 bits per heavy atom. The van der Waals surface area contributed by atoms with Crippen molar-refractivity contribution in [3.8, 4) is 22.9 Å². The Bertz CT molecular complexity index is 1030. The number of thiophene rings is 1. The molecule has 0 fully saturated rings. The van der Waals surface area contributed by atoms with Crippen molar-refractivity contribution in [3.63, 3.8) is 0 Å². The molecule has 160 valence electrons. The van der Waals surface area contributed by atoms with E-state index >= 15 is 0 Å². The molecular formula is C21H26N4O3S2. The fourth-order valence-electron chi connectivity index (χ4n) is 2.98. The van der Waals surface area contributed by atoms with Gasteiger partial charge in [-0.25, -0.2) is 0 Å². The van der Waals surface area contributed by atoms with Gasteiger partial charge in [0.25, 0.3) is 0 Å². The number of benzene rings is 1. The van der Waals surface area contributed by atoms with Gasteiger partial charge in [-0.1, -0.05) is 18.7 Å². The molecule has 3 aromatic rings. The highest BCUT2D eigenvalue weighted by Crippen LogP contribution is 2.32. The summed E-state index contributed by atoms with van der Waals surface area (Å²) in [6.45, 7) is 7.13. The van der Waals surface area contributed by atoms with Crippen molar-refractivity contribution in [2.24, 2.45) is 0 Å². The maximum absolute atomic E-state index is 12.6. The van der Waals surface area contributed by atoms with E-state index in [4.69, 9.17) is 9.47 Å². The van der Waals surface area contributed by atoms with E-state index in [1.54, 1.807) is 43.8 Å². The summed E-state index contributed by atoms with van der Waals surface area (Å²) in [6.07, 6.45) is 0.952. The molecule has 30 heavy (non-hydrogen) atoms. The van der Waals surface area contributed by atoms with Crippen molar-refractivity contribution >= 4 is 34.7 Å². The molecule has 0 radical (unpaired) electrons. The topological polar surface area (TPSA) is 78.3 Å². The van der Waals surface area contributed by atoms with Gasteiger partial charge in [0.05, 0.1) is 25.7 Å². The molecule has 1 amide bonds. The van der Waals surface area contributed by atoms with E-state index in [-0.39, 0.29) is 11.7 Å². The number of rotatable bonds is 9. The molecule has 0 spiro atoms. The van der Waals surface area contributed by atoms with Gasteiger partial charge in [-0.15, -0.1) is 21.5 Å². The maximum atomic E-state index is 12.6. The third-order valence-electron chi connectivity index (χ3n) is 4.70.